The number of nitrogens with one attached hydrogen (secondary N) is 1. The first-order valence-corrected chi connectivity index (χ1v) is 13.0. The van der Waals surface area contributed by atoms with Crippen LogP contribution in [-0.4, -0.2) is 65.0 Å². The number of β-lactam (4-membered cyclic amide) rings is 1. The number of amides is 1. The number of aryl methyl sites for hydroxylation is 1. The van der Waals surface area contributed by atoms with Gasteiger partial charge in [-0.3, -0.25) is 9.69 Å². The van der Waals surface area contributed by atoms with Crippen LogP contribution in [0.15, 0.2) is 65.2 Å². The van der Waals surface area contributed by atoms with Crippen LogP contribution in [0.25, 0.3) is 0 Å². The summed E-state index contributed by atoms with van der Waals surface area (Å²) >= 11 is 2.88. The summed E-state index contributed by atoms with van der Waals surface area (Å²) in [6, 6.07) is 12.8. The molecule has 2 aromatic heterocycles. The maximum atomic E-state index is 13.0. The molecule has 2 aliphatic rings. The van der Waals surface area contributed by atoms with Gasteiger partial charge in [0, 0.05) is 41.9 Å². The molecule has 0 unspecified atom stereocenters. The van der Waals surface area contributed by atoms with E-state index in [1.165, 1.54) is 21.3 Å². The minimum atomic E-state index is -1.11. The maximum Gasteiger partial charge on any atom is 0.352 e. The molecule has 1 amide bonds. The molecule has 0 saturated carbocycles. The maximum absolute atomic E-state index is 13.0. The number of hydrogen-bond donors (Lipinski definition) is 2. The summed E-state index contributed by atoms with van der Waals surface area (Å²) in [5.41, 5.74) is 3.20. The lowest BCUT2D eigenvalue weighted by molar-refractivity contribution is -0.688. The summed E-state index contributed by atoms with van der Waals surface area (Å²) in [7, 11) is 1.72. The number of carbonyl (C=O) groups excluding carboxylic acids is 1. The average Bonchev–Trinajstić information content (AvgIpc) is 3.31. The molecule has 1 saturated heterocycles. The number of nitriles is 1. The van der Waals surface area contributed by atoms with Gasteiger partial charge in [0.25, 0.3) is 5.91 Å². The lowest BCUT2D eigenvalue weighted by atomic mass is 10.0. The number of tetrazole rings is 1. The molecule has 2 N–H and O–H groups in total. The number of aliphatic carboxylic acids is 1. The van der Waals surface area contributed by atoms with Crippen LogP contribution in [-0.2, 0) is 23.2 Å². The summed E-state index contributed by atoms with van der Waals surface area (Å²) in [6.45, 7) is 0.651. The Labute approximate surface area is 214 Å². The molecule has 0 spiro atoms. The SMILES string of the molecule is Cn1nnnc1SCC1=C(C(=O)O)N2C(=O)[C@@H](Nc3cc[n+](Cc4ccc(C#N)cc4)cc3)[C@H]2SC1. The molecule has 2 atom stereocenters. The fourth-order valence-electron chi connectivity index (χ4n) is 4.02. The lowest BCUT2D eigenvalue weighted by Gasteiger charge is -2.49. The van der Waals surface area contributed by atoms with E-state index < -0.39 is 12.0 Å². The second kappa shape index (κ2) is 10.00. The fourth-order valence-corrected chi connectivity index (χ4v) is 6.36. The molecule has 36 heavy (non-hydrogen) atoms. The Morgan fingerprint density at radius 1 is 1.31 bits per heavy atom. The molecule has 182 valence electrons. The van der Waals surface area contributed by atoms with Crippen LogP contribution < -0.4 is 9.88 Å². The van der Waals surface area contributed by atoms with E-state index >= 15 is 0 Å². The Balaban J connectivity index is 1.24. The van der Waals surface area contributed by atoms with Crippen molar-refractivity contribution in [2.24, 2.45) is 7.05 Å². The molecule has 1 aromatic carbocycles. The van der Waals surface area contributed by atoms with Crippen LogP contribution >= 0.6 is 23.5 Å². The third-order valence-electron chi connectivity index (χ3n) is 5.87. The topological polar surface area (TPSA) is 141 Å². The second-order valence-electron chi connectivity index (χ2n) is 8.23. The van der Waals surface area contributed by atoms with Gasteiger partial charge in [-0.1, -0.05) is 23.9 Å². The van der Waals surface area contributed by atoms with E-state index in [9.17, 15) is 14.7 Å². The minimum absolute atomic E-state index is 0.0535. The monoisotopic (exact) mass is 521 g/mol. The zero-order chi connectivity index (χ0) is 25.2. The van der Waals surface area contributed by atoms with Crippen molar-refractivity contribution in [1.29, 1.82) is 5.26 Å². The number of carboxylic acids is 1. The van der Waals surface area contributed by atoms with Crippen molar-refractivity contribution < 1.29 is 19.3 Å². The fraction of sp³-hybridized carbons (Fsp3) is 0.261. The Bertz CT molecular complexity index is 1380. The van der Waals surface area contributed by atoms with Crippen molar-refractivity contribution in [3.63, 3.8) is 0 Å². The number of nitrogens with zero attached hydrogens (tertiary/aromatic N) is 7. The van der Waals surface area contributed by atoms with Crippen molar-refractivity contribution in [1.82, 2.24) is 25.1 Å². The number of carboxylic acid groups (broad SMARTS) is 1. The summed E-state index contributed by atoms with van der Waals surface area (Å²) in [5, 5.41) is 33.6. The summed E-state index contributed by atoms with van der Waals surface area (Å²) in [5.74, 6) is -0.481. The minimum Gasteiger partial charge on any atom is -0.477 e. The molecular weight excluding hydrogens is 500 g/mol. The number of hydrogen-bond acceptors (Lipinski definition) is 9. The Kier molecular flexibility index (Phi) is 6.62. The molecule has 0 radical (unpaired) electrons. The molecular formula is C23H21N8O3S2+. The van der Waals surface area contributed by atoms with Gasteiger partial charge in [0.2, 0.25) is 5.16 Å². The van der Waals surface area contributed by atoms with Crippen LogP contribution in [0.4, 0.5) is 5.69 Å². The number of benzene rings is 1. The van der Waals surface area contributed by atoms with Crippen molar-refractivity contribution in [2.75, 3.05) is 16.8 Å². The Morgan fingerprint density at radius 3 is 2.69 bits per heavy atom. The van der Waals surface area contributed by atoms with Crippen molar-refractivity contribution in [3.05, 3.63) is 71.2 Å². The summed E-state index contributed by atoms with van der Waals surface area (Å²) in [4.78, 5) is 26.4. The summed E-state index contributed by atoms with van der Waals surface area (Å²) < 4.78 is 3.52. The lowest BCUT2D eigenvalue weighted by Crippen LogP contribution is -2.67. The largest absolute Gasteiger partial charge is 0.477 e. The average molecular weight is 522 g/mol. The second-order valence-corrected chi connectivity index (χ2v) is 10.3. The van der Waals surface area contributed by atoms with Crippen LogP contribution in [0.5, 0.6) is 0 Å². The molecule has 2 aliphatic heterocycles. The van der Waals surface area contributed by atoms with E-state index in [0.29, 0.717) is 34.3 Å². The van der Waals surface area contributed by atoms with E-state index in [-0.39, 0.29) is 17.0 Å². The Morgan fingerprint density at radius 2 is 2.06 bits per heavy atom. The third kappa shape index (κ3) is 4.65. The normalized spacial score (nSPS) is 18.9. The first kappa shape index (κ1) is 23.8. The van der Waals surface area contributed by atoms with Crippen LogP contribution in [0.1, 0.15) is 11.1 Å². The van der Waals surface area contributed by atoms with Crippen molar-refractivity contribution >= 4 is 41.1 Å². The van der Waals surface area contributed by atoms with Crippen molar-refractivity contribution in [3.8, 4) is 6.07 Å². The first-order valence-electron chi connectivity index (χ1n) is 10.9. The highest BCUT2D eigenvalue weighted by molar-refractivity contribution is 8.01. The zero-order valence-electron chi connectivity index (χ0n) is 19.1. The molecule has 13 heteroatoms. The van der Waals surface area contributed by atoms with Gasteiger partial charge >= 0.3 is 5.97 Å². The van der Waals surface area contributed by atoms with Gasteiger partial charge < -0.3 is 10.4 Å². The van der Waals surface area contributed by atoms with Crippen LogP contribution in [0.3, 0.4) is 0 Å². The van der Waals surface area contributed by atoms with Gasteiger partial charge in [0.15, 0.2) is 18.9 Å². The Hall–Kier alpha value is -3.89. The standard InChI is InChI=1S/C23H20N8O3S2/c1-29-23(26-27-28-29)36-13-16-12-35-21-18(20(32)31(21)19(16)22(33)34)25-17-6-8-30(9-7-17)11-15-4-2-14(10-24)3-5-15/h2-9,18,21H,11-13H2,1H3,(H,33,34)/p+1/t18-,21-/m1/s1. The number of fused-ring (bicyclic) bond motifs is 1. The van der Waals surface area contributed by atoms with Crippen molar-refractivity contribution in [2.45, 2.75) is 23.1 Å². The van der Waals surface area contributed by atoms with Crippen LogP contribution in [0, 0.1) is 11.3 Å². The predicted octanol–water partition coefficient (Wildman–Crippen LogP) is 1.24. The number of anilines is 1. The smallest absolute Gasteiger partial charge is 0.352 e. The third-order valence-corrected chi connectivity index (χ3v) is 8.30. The molecule has 5 rings (SSSR count). The highest BCUT2D eigenvalue weighted by atomic mass is 32.2. The van der Waals surface area contributed by atoms with E-state index in [2.05, 4.69) is 26.9 Å². The highest BCUT2D eigenvalue weighted by Gasteiger charge is 2.53. The molecule has 0 bridgehead atoms. The quantitative estimate of drug-likeness (QED) is 0.253. The van der Waals surface area contributed by atoms with E-state index in [0.717, 1.165) is 11.3 Å². The highest BCUT2D eigenvalue weighted by Crippen LogP contribution is 2.42. The number of rotatable bonds is 8. The number of aromatic nitrogens is 5. The van der Waals surface area contributed by atoms with Gasteiger partial charge in [0.05, 0.1) is 11.6 Å². The molecule has 1 fully saturated rings. The number of thioether (sulfide) groups is 2. The van der Waals surface area contributed by atoms with Gasteiger partial charge in [0.1, 0.15) is 17.1 Å². The van der Waals surface area contributed by atoms with Crippen LogP contribution in [0.2, 0.25) is 0 Å². The van der Waals surface area contributed by atoms with E-state index in [4.69, 9.17) is 5.26 Å². The summed E-state index contributed by atoms with van der Waals surface area (Å²) in [6.07, 6.45) is 3.82. The molecule has 0 aliphatic carbocycles. The molecule has 3 aromatic rings. The van der Waals surface area contributed by atoms with Gasteiger partial charge in [-0.15, -0.1) is 16.9 Å². The van der Waals surface area contributed by atoms with Gasteiger partial charge in [-0.25, -0.2) is 14.0 Å². The van der Waals surface area contributed by atoms with E-state index in [1.807, 2.05) is 41.2 Å². The molecule has 4 heterocycles. The zero-order valence-corrected chi connectivity index (χ0v) is 20.7. The number of carbonyl (C=O) groups is 2. The van der Waals surface area contributed by atoms with Gasteiger partial charge in [-0.05, 0) is 28.1 Å². The van der Waals surface area contributed by atoms with Gasteiger partial charge in [-0.2, -0.15) is 5.26 Å². The number of pyridine rings is 1. The molecule has 11 nitrogen and oxygen atoms in total. The van der Waals surface area contributed by atoms with E-state index in [1.54, 1.807) is 30.9 Å². The predicted molar refractivity (Wildman–Crippen MR) is 132 cm³/mol. The first-order chi connectivity index (χ1) is 17.4.